The van der Waals surface area contributed by atoms with E-state index in [1.54, 1.807) is 0 Å². The molecule has 1 aromatic rings. The molecule has 0 saturated carbocycles. The van der Waals surface area contributed by atoms with Crippen LogP contribution in [0.5, 0.6) is 0 Å². The summed E-state index contributed by atoms with van der Waals surface area (Å²) in [5.41, 5.74) is 4.10. The second-order valence-corrected chi connectivity index (χ2v) is 12.1. The van der Waals surface area contributed by atoms with Crippen molar-refractivity contribution in [3.63, 3.8) is 0 Å². The minimum absolute atomic E-state index is 0.235. The Bertz CT molecular complexity index is 557. The van der Waals surface area contributed by atoms with Gasteiger partial charge in [0.2, 0.25) is 6.67 Å². The molecule has 0 aromatic heterocycles. The summed E-state index contributed by atoms with van der Waals surface area (Å²) in [6.07, 6.45) is 6.49. The number of nitrogens with zero attached hydrogens (tertiary/aromatic N) is 2. The molecule has 0 fully saturated rings. The highest BCUT2D eigenvalue weighted by Crippen LogP contribution is 2.63. The third kappa shape index (κ3) is 3.97. The van der Waals surface area contributed by atoms with Crippen molar-refractivity contribution in [1.82, 2.24) is 4.67 Å². The maximum atomic E-state index is 3.65. The van der Waals surface area contributed by atoms with Crippen LogP contribution in [0.25, 0.3) is 0 Å². The van der Waals surface area contributed by atoms with E-state index in [1.165, 1.54) is 16.8 Å². The number of benzene rings is 1. The van der Waals surface area contributed by atoms with Crippen molar-refractivity contribution in [3.05, 3.63) is 48.4 Å². The maximum Gasteiger partial charge on any atom is 0.216 e. The lowest BCUT2D eigenvalue weighted by Crippen LogP contribution is -2.33. The normalized spacial score (nSPS) is 15.7. The highest BCUT2D eigenvalue weighted by atomic mass is 31.1. The van der Waals surface area contributed by atoms with Gasteiger partial charge in [0.15, 0.2) is 0 Å². The number of hydrogen-bond donors (Lipinski definition) is 0. The van der Waals surface area contributed by atoms with Gasteiger partial charge in [0.1, 0.15) is 0 Å². The third-order valence-corrected chi connectivity index (χ3v) is 7.45. The van der Waals surface area contributed by atoms with Gasteiger partial charge in [-0.05, 0) is 24.0 Å². The summed E-state index contributed by atoms with van der Waals surface area (Å²) in [6, 6.07) is 6.65. The summed E-state index contributed by atoms with van der Waals surface area (Å²) in [7, 11) is -0.395. The first kappa shape index (κ1) is 19.3. The average molecular weight is 344 g/mol. The van der Waals surface area contributed by atoms with Crippen LogP contribution >= 0.6 is 8.07 Å². The van der Waals surface area contributed by atoms with Crippen LogP contribution in [0, 0.1) is 6.67 Å². The molecule has 1 heterocycles. The molecular weight excluding hydrogens is 311 g/mol. The molecule has 0 aliphatic carbocycles. The van der Waals surface area contributed by atoms with Gasteiger partial charge >= 0.3 is 0 Å². The Labute approximate surface area is 150 Å². The van der Waals surface area contributed by atoms with Crippen LogP contribution < -0.4 is 4.90 Å². The van der Waals surface area contributed by atoms with Crippen molar-refractivity contribution >= 4 is 13.8 Å². The largest absolute Gasteiger partial charge is 0.324 e. The van der Waals surface area contributed by atoms with Crippen molar-refractivity contribution in [2.45, 2.75) is 78.5 Å². The van der Waals surface area contributed by atoms with E-state index in [2.05, 4.69) is 102 Å². The van der Waals surface area contributed by atoms with E-state index >= 15 is 0 Å². The van der Waals surface area contributed by atoms with E-state index in [-0.39, 0.29) is 10.3 Å². The fraction of sp³-hybridized carbons (Fsp3) is 0.571. The molecule has 132 valence electrons. The first-order valence-corrected chi connectivity index (χ1v) is 10.3. The van der Waals surface area contributed by atoms with Gasteiger partial charge in [0.25, 0.3) is 0 Å². The molecule has 1 aliphatic rings. The van der Waals surface area contributed by atoms with E-state index in [4.69, 9.17) is 0 Å². The van der Waals surface area contributed by atoms with Crippen LogP contribution in [0.1, 0.15) is 66.5 Å². The first-order chi connectivity index (χ1) is 11.1. The Balaban J connectivity index is 2.33. The van der Waals surface area contributed by atoms with Gasteiger partial charge in [-0.15, -0.1) is 0 Å². The van der Waals surface area contributed by atoms with Gasteiger partial charge in [-0.3, -0.25) is 0 Å². The van der Waals surface area contributed by atoms with Gasteiger partial charge in [-0.25, -0.2) is 0 Å². The molecule has 1 aliphatic heterocycles. The minimum Gasteiger partial charge on any atom is -0.324 e. The molecule has 0 saturated heterocycles. The van der Waals surface area contributed by atoms with Crippen LogP contribution in [-0.2, 0) is 12.8 Å². The number of aryl methyl sites for hydroxylation is 2. The predicted octanol–water partition coefficient (Wildman–Crippen LogP) is 6.39. The Morgan fingerprint density at radius 3 is 1.79 bits per heavy atom. The fourth-order valence-electron chi connectivity index (χ4n) is 3.72. The fourth-order valence-corrected chi connectivity index (χ4v) is 7.40. The quantitative estimate of drug-likeness (QED) is 0.584. The van der Waals surface area contributed by atoms with Gasteiger partial charge in [0, 0.05) is 36.5 Å². The maximum absolute atomic E-state index is 3.65. The monoisotopic (exact) mass is 344 g/mol. The number of rotatable bonds is 4. The predicted molar refractivity (Wildman–Crippen MR) is 108 cm³/mol. The Morgan fingerprint density at radius 1 is 0.875 bits per heavy atom. The Morgan fingerprint density at radius 2 is 1.38 bits per heavy atom. The molecule has 2 nitrogen and oxygen atoms in total. The Kier molecular flexibility index (Phi) is 5.70. The van der Waals surface area contributed by atoms with E-state index in [0.29, 0.717) is 0 Å². The van der Waals surface area contributed by atoms with Crippen LogP contribution in [0.2, 0.25) is 0 Å². The van der Waals surface area contributed by atoms with Crippen molar-refractivity contribution in [2.75, 3.05) is 4.90 Å². The third-order valence-electron chi connectivity index (χ3n) is 4.26. The molecule has 1 aromatic carbocycles. The highest BCUT2D eigenvalue weighted by molar-refractivity contribution is 7.58. The van der Waals surface area contributed by atoms with Crippen LogP contribution in [-0.4, -0.2) is 15.0 Å². The standard InChI is InChI=1S/C21H33N2P/c1-9-17-12-11-13-18(10-2)19(17)22-14-15-23(16-22)24(20(3,4)5)21(6,7)8/h11-15H,9-10H2,1-8H3. The zero-order valence-electron chi connectivity index (χ0n) is 16.6. The van der Waals surface area contributed by atoms with Gasteiger partial charge < -0.3 is 9.57 Å². The SMILES string of the molecule is CCc1cccc(CC)c1N1[C]N(P(C(C)(C)C)C(C)(C)C)C=C1. The van der Waals surface area contributed by atoms with Crippen molar-refractivity contribution in [1.29, 1.82) is 0 Å². The molecule has 24 heavy (non-hydrogen) atoms. The molecule has 0 amide bonds. The summed E-state index contributed by atoms with van der Waals surface area (Å²) in [4.78, 5) is 2.21. The molecule has 0 atom stereocenters. The number of para-hydroxylation sites is 1. The molecular formula is C21H33N2P. The summed E-state index contributed by atoms with van der Waals surface area (Å²) >= 11 is 0. The van der Waals surface area contributed by atoms with Crippen LogP contribution in [0.4, 0.5) is 5.69 Å². The lowest BCUT2D eigenvalue weighted by molar-refractivity contribution is 0.616. The molecule has 0 unspecified atom stereocenters. The van der Waals surface area contributed by atoms with Gasteiger partial charge in [0.05, 0.1) is 0 Å². The van der Waals surface area contributed by atoms with E-state index in [0.717, 1.165) is 12.8 Å². The summed E-state index contributed by atoms with van der Waals surface area (Å²) in [6.45, 7) is 22.2. The lowest BCUT2D eigenvalue weighted by atomic mass is 10.0. The van der Waals surface area contributed by atoms with Crippen LogP contribution in [0.3, 0.4) is 0 Å². The first-order valence-electron chi connectivity index (χ1n) is 9.03. The number of hydrogen-bond acceptors (Lipinski definition) is 2. The smallest absolute Gasteiger partial charge is 0.216 e. The summed E-state index contributed by atoms with van der Waals surface area (Å²) < 4.78 is 2.35. The second kappa shape index (κ2) is 7.08. The summed E-state index contributed by atoms with van der Waals surface area (Å²) in [5.74, 6) is 0. The van der Waals surface area contributed by atoms with Crippen molar-refractivity contribution in [3.8, 4) is 0 Å². The Hall–Kier alpha value is -1.01. The highest BCUT2D eigenvalue weighted by Gasteiger charge is 2.40. The van der Waals surface area contributed by atoms with Crippen molar-refractivity contribution < 1.29 is 0 Å². The molecule has 0 N–H and O–H groups in total. The molecule has 2 rings (SSSR count). The topological polar surface area (TPSA) is 6.48 Å². The molecule has 0 spiro atoms. The van der Waals surface area contributed by atoms with E-state index < -0.39 is 8.07 Å². The van der Waals surface area contributed by atoms with Crippen molar-refractivity contribution in [2.24, 2.45) is 0 Å². The lowest BCUT2D eigenvalue weighted by Gasteiger charge is -2.46. The average Bonchev–Trinajstić information content (AvgIpc) is 2.91. The van der Waals surface area contributed by atoms with Gasteiger partial charge in [-0.1, -0.05) is 73.6 Å². The minimum atomic E-state index is -0.395. The van der Waals surface area contributed by atoms with Gasteiger partial charge in [-0.2, -0.15) is 0 Å². The number of anilines is 1. The summed E-state index contributed by atoms with van der Waals surface area (Å²) in [5, 5.41) is 0.470. The van der Waals surface area contributed by atoms with Crippen LogP contribution in [0.15, 0.2) is 30.6 Å². The second-order valence-electron chi connectivity index (χ2n) is 8.40. The zero-order chi connectivity index (χ0) is 18.1. The molecule has 3 heteroatoms. The molecule has 0 bridgehead atoms. The van der Waals surface area contributed by atoms with E-state index in [9.17, 15) is 0 Å². The molecule has 2 radical (unpaired) electrons. The van der Waals surface area contributed by atoms with E-state index in [1.807, 2.05) is 0 Å². The zero-order valence-corrected chi connectivity index (χ0v) is 17.5.